The summed E-state index contributed by atoms with van der Waals surface area (Å²) in [5.74, 6) is 1.53. The molecule has 3 rings (SSSR count). The van der Waals surface area contributed by atoms with Crippen LogP contribution in [0.25, 0.3) is 10.8 Å². The summed E-state index contributed by atoms with van der Waals surface area (Å²) in [5.41, 5.74) is 1.52. The van der Waals surface area contributed by atoms with Gasteiger partial charge in [-0.25, -0.2) is 0 Å². The number of hydrogen-bond donors (Lipinski definition) is 0. The number of fused-ring (bicyclic) bond motifs is 1. The molecule has 2 atom stereocenters. The molecule has 100 valence electrons. The molecular formula is C18H23N. The first-order chi connectivity index (χ1) is 9.24. The molecule has 0 bridgehead atoms. The molecule has 0 spiro atoms. The van der Waals surface area contributed by atoms with E-state index in [1.54, 1.807) is 0 Å². The van der Waals surface area contributed by atoms with Crippen molar-refractivity contribution in [2.75, 3.05) is 20.1 Å². The quantitative estimate of drug-likeness (QED) is 0.789. The first-order valence-corrected chi connectivity index (χ1v) is 7.40. The van der Waals surface area contributed by atoms with Crippen LogP contribution < -0.4 is 0 Å². The molecule has 0 aliphatic carbocycles. The van der Waals surface area contributed by atoms with Gasteiger partial charge in [-0.2, -0.15) is 0 Å². The fraction of sp³-hybridized carbons (Fsp3) is 0.444. The molecule has 1 nitrogen and oxygen atoms in total. The maximum atomic E-state index is 2.46. The SMILES string of the molecule is C[C@@H](C[C@H]1CCN(C)C1)c1cccc2ccccc12. The highest BCUT2D eigenvalue weighted by Crippen LogP contribution is 2.32. The Balaban J connectivity index is 1.83. The van der Waals surface area contributed by atoms with Crippen molar-refractivity contribution >= 4 is 10.8 Å². The molecule has 0 saturated carbocycles. The summed E-state index contributed by atoms with van der Waals surface area (Å²) >= 11 is 0. The van der Waals surface area contributed by atoms with E-state index in [1.165, 1.54) is 42.3 Å². The lowest BCUT2D eigenvalue weighted by Gasteiger charge is -2.18. The van der Waals surface area contributed by atoms with E-state index in [1.807, 2.05) is 0 Å². The zero-order valence-electron chi connectivity index (χ0n) is 12.0. The Labute approximate surface area is 116 Å². The lowest BCUT2D eigenvalue weighted by Crippen LogP contribution is -2.15. The van der Waals surface area contributed by atoms with Gasteiger partial charge in [0, 0.05) is 6.54 Å². The zero-order chi connectivity index (χ0) is 13.2. The summed E-state index contributed by atoms with van der Waals surface area (Å²) in [6.45, 7) is 4.93. The second kappa shape index (κ2) is 5.34. The number of hydrogen-bond acceptors (Lipinski definition) is 1. The Morgan fingerprint density at radius 2 is 1.95 bits per heavy atom. The molecule has 1 aliphatic rings. The van der Waals surface area contributed by atoms with Crippen LogP contribution in [0, 0.1) is 5.92 Å². The Kier molecular flexibility index (Phi) is 3.56. The van der Waals surface area contributed by atoms with Crippen molar-refractivity contribution < 1.29 is 0 Å². The van der Waals surface area contributed by atoms with Crippen molar-refractivity contribution in [3.63, 3.8) is 0 Å². The molecule has 1 heteroatoms. The van der Waals surface area contributed by atoms with Gasteiger partial charge in [-0.3, -0.25) is 0 Å². The maximum Gasteiger partial charge on any atom is 0.000730 e. The Morgan fingerprint density at radius 3 is 2.74 bits per heavy atom. The van der Waals surface area contributed by atoms with Crippen LogP contribution in [0.15, 0.2) is 42.5 Å². The lowest BCUT2D eigenvalue weighted by atomic mass is 9.87. The first-order valence-electron chi connectivity index (χ1n) is 7.40. The van der Waals surface area contributed by atoms with Crippen molar-refractivity contribution in [1.82, 2.24) is 4.90 Å². The fourth-order valence-electron chi connectivity index (χ4n) is 3.53. The van der Waals surface area contributed by atoms with E-state index >= 15 is 0 Å². The van der Waals surface area contributed by atoms with Crippen LogP contribution in [0.4, 0.5) is 0 Å². The number of likely N-dealkylation sites (tertiary alicyclic amines) is 1. The standard InChI is InChI=1S/C18H23N/c1-14(12-15-10-11-19(2)13-15)17-9-5-7-16-6-3-4-8-18(16)17/h3-9,14-15H,10-13H2,1-2H3/t14-,15+/m0/s1. The van der Waals surface area contributed by atoms with Gasteiger partial charge in [-0.05, 0) is 54.6 Å². The van der Waals surface area contributed by atoms with E-state index in [0.717, 1.165) is 5.92 Å². The molecule has 19 heavy (non-hydrogen) atoms. The minimum atomic E-state index is 0.655. The average molecular weight is 253 g/mol. The van der Waals surface area contributed by atoms with Gasteiger partial charge in [-0.1, -0.05) is 49.4 Å². The topological polar surface area (TPSA) is 3.24 Å². The zero-order valence-corrected chi connectivity index (χ0v) is 12.0. The molecule has 2 aromatic rings. The molecule has 1 heterocycles. The minimum Gasteiger partial charge on any atom is -0.306 e. The summed E-state index contributed by atoms with van der Waals surface area (Å²) in [7, 11) is 2.24. The highest BCUT2D eigenvalue weighted by Gasteiger charge is 2.22. The summed E-state index contributed by atoms with van der Waals surface area (Å²) in [6.07, 6.45) is 2.68. The maximum absolute atomic E-state index is 2.46. The predicted octanol–water partition coefficient (Wildman–Crippen LogP) is 4.29. The predicted molar refractivity (Wildman–Crippen MR) is 82.6 cm³/mol. The smallest absolute Gasteiger partial charge is 0.000730 e. The van der Waals surface area contributed by atoms with E-state index in [9.17, 15) is 0 Å². The third kappa shape index (κ3) is 2.66. The molecule has 0 N–H and O–H groups in total. The van der Waals surface area contributed by atoms with Crippen LogP contribution in [0.1, 0.15) is 31.2 Å². The molecule has 1 fully saturated rings. The van der Waals surface area contributed by atoms with E-state index < -0.39 is 0 Å². The van der Waals surface area contributed by atoms with E-state index in [-0.39, 0.29) is 0 Å². The molecule has 0 unspecified atom stereocenters. The largest absolute Gasteiger partial charge is 0.306 e. The lowest BCUT2D eigenvalue weighted by molar-refractivity contribution is 0.380. The third-order valence-corrected chi connectivity index (χ3v) is 4.53. The van der Waals surface area contributed by atoms with Crippen molar-refractivity contribution in [2.45, 2.75) is 25.7 Å². The summed E-state index contributed by atoms with van der Waals surface area (Å²) < 4.78 is 0. The molecule has 0 radical (unpaired) electrons. The van der Waals surface area contributed by atoms with Gasteiger partial charge in [-0.15, -0.1) is 0 Å². The second-order valence-corrected chi connectivity index (χ2v) is 6.12. The average Bonchev–Trinajstić information content (AvgIpc) is 2.83. The summed E-state index contributed by atoms with van der Waals surface area (Å²) in [6, 6.07) is 15.5. The van der Waals surface area contributed by atoms with Crippen LogP contribution in [0.3, 0.4) is 0 Å². The normalized spacial score (nSPS) is 21.9. The summed E-state index contributed by atoms with van der Waals surface area (Å²) in [4.78, 5) is 2.46. The molecule has 0 amide bonds. The molecular weight excluding hydrogens is 230 g/mol. The van der Waals surface area contributed by atoms with Gasteiger partial charge in [0.15, 0.2) is 0 Å². The van der Waals surface area contributed by atoms with Crippen LogP contribution in [0.2, 0.25) is 0 Å². The highest BCUT2D eigenvalue weighted by molar-refractivity contribution is 5.86. The van der Waals surface area contributed by atoms with Crippen molar-refractivity contribution in [1.29, 1.82) is 0 Å². The highest BCUT2D eigenvalue weighted by atomic mass is 15.1. The third-order valence-electron chi connectivity index (χ3n) is 4.53. The van der Waals surface area contributed by atoms with E-state index in [0.29, 0.717) is 5.92 Å². The minimum absolute atomic E-state index is 0.655. The van der Waals surface area contributed by atoms with Crippen molar-refractivity contribution in [3.05, 3.63) is 48.0 Å². The van der Waals surface area contributed by atoms with Crippen LogP contribution in [-0.2, 0) is 0 Å². The van der Waals surface area contributed by atoms with E-state index in [2.05, 4.69) is 61.3 Å². The number of nitrogens with zero attached hydrogens (tertiary/aromatic N) is 1. The van der Waals surface area contributed by atoms with Gasteiger partial charge >= 0.3 is 0 Å². The molecule has 0 aromatic heterocycles. The number of rotatable bonds is 3. The van der Waals surface area contributed by atoms with Gasteiger partial charge in [0.2, 0.25) is 0 Å². The number of benzene rings is 2. The van der Waals surface area contributed by atoms with Crippen LogP contribution in [-0.4, -0.2) is 25.0 Å². The van der Waals surface area contributed by atoms with Crippen LogP contribution in [0.5, 0.6) is 0 Å². The first kappa shape index (κ1) is 12.7. The Bertz CT molecular complexity index is 555. The van der Waals surface area contributed by atoms with Crippen LogP contribution >= 0.6 is 0 Å². The van der Waals surface area contributed by atoms with Gasteiger partial charge < -0.3 is 4.90 Å². The Hall–Kier alpha value is -1.34. The van der Waals surface area contributed by atoms with Gasteiger partial charge in [0.25, 0.3) is 0 Å². The fourth-order valence-corrected chi connectivity index (χ4v) is 3.53. The van der Waals surface area contributed by atoms with Crippen molar-refractivity contribution in [2.24, 2.45) is 5.92 Å². The van der Waals surface area contributed by atoms with Gasteiger partial charge in [0.1, 0.15) is 0 Å². The Morgan fingerprint density at radius 1 is 1.16 bits per heavy atom. The molecule has 2 aromatic carbocycles. The molecule has 1 aliphatic heterocycles. The van der Waals surface area contributed by atoms with Gasteiger partial charge in [0.05, 0.1) is 0 Å². The molecule has 1 saturated heterocycles. The van der Waals surface area contributed by atoms with E-state index in [4.69, 9.17) is 0 Å². The monoisotopic (exact) mass is 253 g/mol. The summed E-state index contributed by atoms with van der Waals surface area (Å²) in [5, 5.41) is 2.80. The second-order valence-electron chi connectivity index (χ2n) is 6.12. The van der Waals surface area contributed by atoms with Crippen molar-refractivity contribution in [3.8, 4) is 0 Å².